The summed E-state index contributed by atoms with van der Waals surface area (Å²) in [6.07, 6.45) is 0.800. The molecule has 0 radical (unpaired) electrons. The van der Waals surface area contributed by atoms with Crippen LogP contribution in [0.2, 0.25) is 0 Å². The van der Waals surface area contributed by atoms with Crippen LogP contribution < -0.4 is 5.32 Å². The molecular weight excluding hydrogens is 304 g/mol. The second kappa shape index (κ2) is 9.43. The molecule has 1 aromatic carbocycles. The first-order valence-corrected chi connectivity index (χ1v) is 7.19. The van der Waals surface area contributed by atoms with Crippen molar-refractivity contribution in [2.75, 3.05) is 18.4 Å². The van der Waals surface area contributed by atoms with Gasteiger partial charge in [-0.3, -0.25) is 14.5 Å². The molecule has 0 heterocycles. The molecule has 1 aromatic rings. The van der Waals surface area contributed by atoms with Crippen LogP contribution in [-0.2, 0) is 9.59 Å². The lowest BCUT2D eigenvalue weighted by Gasteiger charge is -2.26. The Bertz CT molecular complexity index is 520. The highest BCUT2D eigenvalue weighted by Gasteiger charge is 2.23. The zero-order valence-corrected chi connectivity index (χ0v) is 14.4. The molecule has 0 saturated heterocycles. The number of halogens is 1. The normalized spacial score (nSPS) is 11.7. The van der Waals surface area contributed by atoms with Gasteiger partial charge in [0.05, 0.1) is 12.6 Å². The van der Waals surface area contributed by atoms with Gasteiger partial charge in [0.15, 0.2) is 0 Å². The number of carboxylic acid groups (broad SMARTS) is 1. The molecule has 22 heavy (non-hydrogen) atoms. The third kappa shape index (κ3) is 6.03. The van der Waals surface area contributed by atoms with Crippen LogP contribution in [0.5, 0.6) is 0 Å². The van der Waals surface area contributed by atoms with Crippen molar-refractivity contribution in [3.8, 4) is 0 Å². The summed E-state index contributed by atoms with van der Waals surface area (Å²) >= 11 is 0. The SMILES string of the molecule is CCCN(CC(=O)O)C(C)C(=O)Nc1ccc(C)cc1C.Cl. The maximum atomic E-state index is 12.3. The van der Waals surface area contributed by atoms with Crippen LogP contribution in [0.25, 0.3) is 0 Å². The number of carbonyl (C=O) groups is 2. The van der Waals surface area contributed by atoms with E-state index >= 15 is 0 Å². The van der Waals surface area contributed by atoms with E-state index in [9.17, 15) is 9.59 Å². The Labute approximate surface area is 138 Å². The molecule has 0 spiro atoms. The van der Waals surface area contributed by atoms with Crippen LogP contribution in [0, 0.1) is 13.8 Å². The lowest BCUT2D eigenvalue weighted by molar-refractivity contribution is -0.139. The molecule has 0 bridgehead atoms. The standard InChI is InChI=1S/C16H24N2O3.ClH/c1-5-8-18(10-15(19)20)13(4)16(21)17-14-7-6-11(2)9-12(14)3;/h6-7,9,13H,5,8,10H2,1-4H3,(H,17,21)(H,19,20);1H. The smallest absolute Gasteiger partial charge is 0.317 e. The lowest BCUT2D eigenvalue weighted by atomic mass is 10.1. The molecule has 1 atom stereocenters. The number of benzene rings is 1. The van der Waals surface area contributed by atoms with Crippen LogP contribution >= 0.6 is 12.4 Å². The highest BCUT2D eigenvalue weighted by Crippen LogP contribution is 2.17. The van der Waals surface area contributed by atoms with Crippen molar-refractivity contribution in [1.82, 2.24) is 4.90 Å². The Hall–Kier alpha value is -1.59. The van der Waals surface area contributed by atoms with Crippen LogP contribution in [-0.4, -0.2) is 41.0 Å². The van der Waals surface area contributed by atoms with Crippen molar-refractivity contribution in [3.05, 3.63) is 29.3 Å². The van der Waals surface area contributed by atoms with E-state index in [4.69, 9.17) is 5.11 Å². The van der Waals surface area contributed by atoms with Gasteiger partial charge in [0.25, 0.3) is 0 Å². The molecular formula is C16H25ClN2O3. The molecule has 1 unspecified atom stereocenters. The molecule has 1 amide bonds. The van der Waals surface area contributed by atoms with Crippen LogP contribution in [0.4, 0.5) is 5.69 Å². The third-order valence-electron chi connectivity index (χ3n) is 3.42. The van der Waals surface area contributed by atoms with E-state index in [0.29, 0.717) is 6.54 Å². The van der Waals surface area contributed by atoms with Crippen LogP contribution in [0.3, 0.4) is 0 Å². The second-order valence-electron chi connectivity index (χ2n) is 5.35. The Morgan fingerprint density at radius 2 is 1.95 bits per heavy atom. The van der Waals surface area contributed by atoms with Gasteiger partial charge >= 0.3 is 5.97 Å². The minimum Gasteiger partial charge on any atom is -0.480 e. The average Bonchev–Trinajstić information content (AvgIpc) is 2.40. The van der Waals surface area contributed by atoms with E-state index in [1.54, 1.807) is 11.8 Å². The fourth-order valence-corrected chi connectivity index (χ4v) is 2.23. The van der Waals surface area contributed by atoms with Crippen molar-refractivity contribution in [1.29, 1.82) is 0 Å². The van der Waals surface area contributed by atoms with Gasteiger partial charge in [-0.1, -0.05) is 24.6 Å². The quantitative estimate of drug-likeness (QED) is 0.807. The minimum absolute atomic E-state index is 0. The molecule has 124 valence electrons. The van der Waals surface area contributed by atoms with Gasteiger partial charge in [-0.15, -0.1) is 12.4 Å². The predicted molar refractivity (Wildman–Crippen MR) is 90.8 cm³/mol. The summed E-state index contributed by atoms with van der Waals surface area (Å²) in [5.74, 6) is -1.11. The van der Waals surface area contributed by atoms with E-state index in [-0.39, 0.29) is 24.9 Å². The highest BCUT2D eigenvalue weighted by molar-refractivity contribution is 5.95. The molecule has 0 aliphatic carbocycles. The first-order valence-electron chi connectivity index (χ1n) is 7.19. The summed E-state index contributed by atoms with van der Waals surface area (Å²) in [4.78, 5) is 24.9. The number of aliphatic carboxylic acids is 1. The number of nitrogens with zero attached hydrogens (tertiary/aromatic N) is 1. The Balaban J connectivity index is 0.00000441. The van der Waals surface area contributed by atoms with Gasteiger partial charge in [-0.05, 0) is 45.4 Å². The van der Waals surface area contributed by atoms with Crippen LogP contribution in [0.1, 0.15) is 31.4 Å². The summed E-state index contributed by atoms with van der Waals surface area (Å²) in [6.45, 7) is 8.08. The third-order valence-corrected chi connectivity index (χ3v) is 3.42. The summed E-state index contributed by atoms with van der Waals surface area (Å²) in [6, 6.07) is 5.33. The molecule has 6 heteroatoms. The Morgan fingerprint density at radius 3 is 2.45 bits per heavy atom. The zero-order valence-electron chi connectivity index (χ0n) is 13.5. The number of hydrogen-bond acceptors (Lipinski definition) is 3. The van der Waals surface area contributed by atoms with Gasteiger partial charge < -0.3 is 10.4 Å². The molecule has 2 N–H and O–H groups in total. The predicted octanol–water partition coefficient (Wildman–Crippen LogP) is 2.85. The fourth-order valence-electron chi connectivity index (χ4n) is 2.23. The largest absolute Gasteiger partial charge is 0.480 e. The maximum Gasteiger partial charge on any atom is 0.317 e. The van der Waals surface area contributed by atoms with E-state index in [1.807, 2.05) is 39.0 Å². The van der Waals surface area contributed by atoms with E-state index in [2.05, 4.69) is 5.32 Å². The van der Waals surface area contributed by atoms with Crippen molar-refractivity contribution >= 4 is 30.0 Å². The average molecular weight is 329 g/mol. The lowest BCUT2D eigenvalue weighted by Crippen LogP contribution is -2.45. The molecule has 0 aliphatic heterocycles. The number of amides is 1. The zero-order chi connectivity index (χ0) is 16.0. The van der Waals surface area contributed by atoms with E-state index in [0.717, 1.165) is 23.2 Å². The van der Waals surface area contributed by atoms with Crippen molar-refractivity contribution in [2.45, 2.75) is 40.2 Å². The minimum atomic E-state index is -0.922. The summed E-state index contributed by atoms with van der Waals surface area (Å²) < 4.78 is 0. The number of carboxylic acids is 1. The Kier molecular flexibility index (Phi) is 8.75. The van der Waals surface area contributed by atoms with Gasteiger partial charge in [-0.25, -0.2) is 0 Å². The summed E-state index contributed by atoms with van der Waals surface area (Å²) in [5, 5.41) is 11.8. The molecule has 0 aromatic heterocycles. The number of aryl methyl sites for hydroxylation is 2. The topological polar surface area (TPSA) is 69.6 Å². The molecule has 0 fully saturated rings. The van der Waals surface area contributed by atoms with Gasteiger partial charge in [-0.2, -0.15) is 0 Å². The van der Waals surface area contributed by atoms with Crippen molar-refractivity contribution < 1.29 is 14.7 Å². The first kappa shape index (κ1) is 20.4. The van der Waals surface area contributed by atoms with Gasteiger partial charge in [0.2, 0.25) is 5.91 Å². The molecule has 0 saturated carbocycles. The number of rotatable bonds is 7. The van der Waals surface area contributed by atoms with Gasteiger partial charge in [0, 0.05) is 5.69 Å². The summed E-state index contributed by atoms with van der Waals surface area (Å²) in [5.41, 5.74) is 2.90. The first-order chi connectivity index (χ1) is 9.85. The van der Waals surface area contributed by atoms with Crippen LogP contribution in [0.15, 0.2) is 18.2 Å². The van der Waals surface area contributed by atoms with Crippen molar-refractivity contribution in [3.63, 3.8) is 0 Å². The van der Waals surface area contributed by atoms with E-state index in [1.165, 1.54) is 0 Å². The molecule has 5 nitrogen and oxygen atoms in total. The highest BCUT2D eigenvalue weighted by atomic mass is 35.5. The maximum absolute atomic E-state index is 12.3. The fraction of sp³-hybridized carbons (Fsp3) is 0.500. The van der Waals surface area contributed by atoms with Gasteiger partial charge in [0.1, 0.15) is 0 Å². The molecule has 1 rings (SSSR count). The monoisotopic (exact) mass is 328 g/mol. The Morgan fingerprint density at radius 1 is 1.32 bits per heavy atom. The second-order valence-corrected chi connectivity index (χ2v) is 5.35. The van der Waals surface area contributed by atoms with Crippen molar-refractivity contribution in [2.24, 2.45) is 0 Å². The number of anilines is 1. The van der Waals surface area contributed by atoms with E-state index < -0.39 is 12.0 Å². The number of carbonyl (C=O) groups excluding carboxylic acids is 1. The number of hydrogen-bond donors (Lipinski definition) is 2. The number of nitrogens with one attached hydrogen (secondary N) is 1. The summed E-state index contributed by atoms with van der Waals surface area (Å²) in [7, 11) is 0. The molecule has 0 aliphatic rings.